The fourth-order valence-electron chi connectivity index (χ4n) is 2.82. The summed E-state index contributed by atoms with van der Waals surface area (Å²) in [4.78, 5) is 25.7. The summed E-state index contributed by atoms with van der Waals surface area (Å²) in [6.07, 6.45) is 6.98. The molecule has 0 bridgehead atoms. The normalized spacial score (nSPS) is 15.9. The number of imide groups is 1. The van der Waals surface area contributed by atoms with E-state index in [2.05, 4.69) is 26.4 Å². The van der Waals surface area contributed by atoms with Crippen LogP contribution in [0.3, 0.4) is 0 Å². The van der Waals surface area contributed by atoms with Crippen LogP contribution in [0.25, 0.3) is 11.8 Å². The van der Waals surface area contributed by atoms with Gasteiger partial charge in [0.2, 0.25) is 0 Å². The summed E-state index contributed by atoms with van der Waals surface area (Å²) in [6, 6.07) is 10.0. The molecule has 3 rings (SSSR count). The maximum absolute atomic E-state index is 12.3. The van der Waals surface area contributed by atoms with Crippen molar-refractivity contribution in [2.24, 2.45) is 0 Å². The van der Waals surface area contributed by atoms with Crippen LogP contribution in [-0.2, 0) is 4.79 Å². The van der Waals surface area contributed by atoms with Gasteiger partial charge in [-0.1, -0.05) is 27.9 Å². The van der Waals surface area contributed by atoms with Gasteiger partial charge < -0.3 is 4.57 Å². The van der Waals surface area contributed by atoms with E-state index in [0.29, 0.717) is 4.91 Å². The molecule has 0 radical (unpaired) electrons. The van der Waals surface area contributed by atoms with Crippen LogP contribution in [0.15, 0.2) is 39.7 Å². The maximum Gasteiger partial charge on any atom is 0.294 e. The first kappa shape index (κ1) is 17.6. The fraction of sp³-hybridized carbons (Fsp3) is 0.158. The number of thioether (sulfide) groups is 1. The molecule has 0 aliphatic carbocycles. The molecule has 1 aliphatic rings. The van der Waals surface area contributed by atoms with Crippen LogP contribution in [0.2, 0.25) is 0 Å². The minimum Gasteiger partial charge on any atom is -0.318 e. The molecule has 1 aromatic carbocycles. The first-order valence-electron chi connectivity index (χ1n) is 7.56. The highest BCUT2D eigenvalue weighted by Crippen LogP contribution is 2.33. The largest absolute Gasteiger partial charge is 0.318 e. The Labute approximate surface area is 159 Å². The van der Waals surface area contributed by atoms with Crippen LogP contribution in [0.5, 0.6) is 0 Å². The number of rotatable bonds is 3. The van der Waals surface area contributed by atoms with E-state index < -0.39 is 0 Å². The van der Waals surface area contributed by atoms with Crippen molar-refractivity contribution in [2.75, 3.05) is 6.54 Å². The SMILES string of the molecule is C#CCN1C(=O)SC(=Cc2cc(C)n(-c3cccc(Br)c3)c2C)C1=O. The van der Waals surface area contributed by atoms with Gasteiger partial charge in [-0.3, -0.25) is 14.5 Å². The molecule has 1 saturated heterocycles. The lowest BCUT2D eigenvalue weighted by molar-refractivity contribution is -0.122. The third-order valence-corrected chi connectivity index (χ3v) is 5.35. The standard InChI is InChI=1S/C19H15BrN2O2S/c1-4-8-21-18(23)17(25-19(21)24)10-14-9-12(2)22(13(14)3)16-7-5-6-15(20)11-16/h1,5-7,9-11H,8H2,2-3H3. The van der Waals surface area contributed by atoms with Gasteiger partial charge in [-0.2, -0.15) is 0 Å². The van der Waals surface area contributed by atoms with E-state index in [9.17, 15) is 9.59 Å². The van der Waals surface area contributed by atoms with Gasteiger partial charge in [-0.05, 0) is 61.5 Å². The molecule has 2 amide bonds. The molecule has 1 fully saturated rings. The fourth-order valence-corrected chi connectivity index (χ4v) is 4.03. The molecule has 2 heterocycles. The number of aromatic nitrogens is 1. The highest BCUT2D eigenvalue weighted by Gasteiger charge is 2.34. The van der Waals surface area contributed by atoms with E-state index in [-0.39, 0.29) is 17.7 Å². The summed E-state index contributed by atoms with van der Waals surface area (Å²) in [5.41, 5.74) is 3.98. The van der Waals surface area contributed by atoms with Gasteiger partial charge in [0.25, 0.3) is 11.1 Å². The molecule has 1 aromatic heterocycles. The Balaban J connectivity index is 2.01. The Morgan fingerprint density at radius 3 is 2.72 bits per heavy atom. The number of hydrogen-bond donors (Lipinski definition) is 0. The third-order valence-electron chi connectivity index (χ3n) is 3.95. The van der Waals surface area contributed by atoms with Crippen molar-refractivity contribution in [3.63, 3.8) is 0 Å². The Morgan fingerprint density at radius 2 is 2.04 bits per heavy atom. The average Bonchev–Trinajstić information content (AvgIpc) is 2.98. The quantitative estimate of drug-likeness (QED) is 0.547. The van der Waals surface area contributed by atoms with Crippen molar-refractivity contribution >= 4 is 44.9 Å². The van der Waals surface area contributed by atoms with Crippen LogP contribution >= 0.6 is 27.7 Å². The zero-order valence-corrected chi connectivity index (χ0v) is 16.1. The number of benzene rings is 1. The number of carbonyl (C=O) groups excluding carboxylic acids is 2. The Bertz CT molecular complexity index is 953. The monoisotopic (exact) mass is 414 g/mol. The average molecular weight is 415 g/mol. The lowest BCUT2D eigenvalue weighted by atomic mass is 10.2. The second-order valence-electron chi connectivity index (χ2n) is 5.61. The molecule has 0 atom stereocenters. The summed E-state index contributed by atoms with van der Waals surface area (Å²) >= 11 is 4.41. The summed E-state index contributed by atoms with van der Waals surface area (Å²) in [7, 11) is 0. The van der Waals surface area contributed by atoms with Gasteiger partial charge in [0, 0.05) is 21.5 Å². The summed E-state index contributed by atoms with van der Waals surface area (Å²) in [5.74, 6) is 2.01. The van der Waals surface area contributed by atoms with Crippen LogP contribution in [0.4, 0.5) is 4.79 Å². The molecule has 0 N–H and O–H groups in total. The zero-order valence-electron chi connectivity index (χ0n) is 13.7. The second-order valence-corrected chi connectivity index (χ2v) is 7.52. The summed E-state index contributed by atoms with van der Waals surface area (Å²) in [6.45, 7) is 4.00. The van der Waals surface area contributed by atoms with E-state index in [1.165, 1.54) is 0 Å². The minimum atomic E-state index is -0.333. The van der Waals surface area contributed by atoms with Crippen molar-refractivity contribution in [2.45, 2.75) is 13.8 Å². The molecule has 6 heteroatoms. The van der Waals surface area contributed by atoms with Gasteiger partial charge in [-0.25, -0.2) is 0 Å². The second kappa shape index (κ2) is 6.95. The summed E-state index contributed by atoms with van der Waals surface area (Å²) < 4.78 is 3.11. The Hall–Kier alpha value is -2.23. The first-order valence-corrected chi connectivity index (χ1v) is 9.17. The van der Waals surface area contributed by atoms with Crippen molar-refractivity contribution in [1.29, 1.82) is 0 Å². The van der Waals surface area contributed by atoms with E-state index in [4.69, 9.17) is 6.42 Å². The Morgan fingerprint density at radius 1 is 1.28 bits per heavy atom. The molecular weight excluding hydrogens is 400 g/mol. The maximum atomic E-state index is 12.3. The predicted molar refractivity (Wildman–Crippen MR) is 104 cm³/mol. The molecule has 0 unspecified atom stereocenters. The predicted octanol–water partition coefficient (Wildman–Crippen LogP) is 4.53. The topological polar surface area (TPSA) is 42.3 Å². The number of amides is 2. The number of aryl methyl sites for hydroxylation is 1. The lowest BCUT2D eigenvalue weighted by Crippen LogP contribution is -2.28. The van der Waals surface area contributed by atoms with E-state index in [0.717, 1.165) is 43.8 Å². The lowest BCUT2D eigenvalue weighted by Gasteiger charge is -2.10. The van der Waals surface area contributed by atoms with Crippen molar-refractivity contribution in [3.05, 3.63) is 56.7 Å². The van der Waals surface area contributed by atoms with E-state index in [1.807, 2.05) is 44.2 Å². The van der Waals surface area contributed by atoms with Gasteiger partial charge in [0.15, 0.2) is 0 Å². The van der Waals surface area contributed by atoms with Crippen LogP contribution in [0, 0.1) is 26.2 Å². The number of halogens is 1. The number of carbonyl (C=O) groups is 2. The minimum absolute atomic E-state index is 0.000922. The van der Waals surface area contributed by atoms with Crippen molar-refractivity contribution in [1.82, 2.24) is 9.47 Å². The molecule has 0 saturated carbocycles. The number of hydrogen-bond acceptors (Lipinski definition) is 3. The van der Waals surface area contributed by atoms with E-state index in [1.54, 1.807) is 6.08 Å². The summed E-state index contributed by atoms with van der Waals surface area (Å²) in [5, 5.41) is -0.324. The third kappa shape index (κ3) is 3.30. The highest BCUT2D eigenvalue weighted by atomic mass is 79.9. The van der Waals surface area contributed by atoms with Crippen molar-refractivity contribution in [3.8, 4) is 18.0 Å². The molecule has 1 aliphatic heterocycles. The molecule has 4 nitrogen and oxygen atoms in total. The van der Waals surface area contributed by atoms with Crippen LogP contribution in [0.1, 0.15) is 17.0 Å². The molecule has 2 aromatic rings. The number of terminal acetylenes is 1. The van der Waals surface area contributed by atoms with E-state index >= 15 is 0 Å². The van der Waals surface area contributed by atoms with Gasteiger partial charge >= 0.3 is 0 Å². The molecule has 0 spiro atoms. The highest BCUT2D eigenvalue weighted by molar-refractivity contribution is 9.10. The zero-order chi connectivity index (χ0) is 18.1. The molecular formula is C19H15BrN2O2S. The molecule has 126 valence electrons. The van der Waals surface area contributed by atoms with Gasteiger partial charge in [-0.15, -0.1) is 6.42 Å². The molecule has 25 heavy (non-hydrogen) atoms. The van der Waals surface area contributed by atoms with Gasteiger partial charge in [0.05, 0.1) is 11.4 Å². The van der Waals surface area contributed by atoms with Crippen molar-refractivity contribution < 1.29 is 9.59 Å². The van der Waals surface area contributed by atoms with Crippen LogP contribution in [-0.4, -0.2) is 27.2 Å². The Kier molecular flexibility index (Phi) is 4.89. The van der Waals surface area contributed by atoms with Gasteiger partial charge in [0.1, 0.15) is 0 Å². The number of nitrogens with zero attached hydrogens (tertiary/aromatic N) is 2. The smallest absolute Gasteiger partial charge is 0.294 e. The van der Waals surface area contributed by atoms with Crippen LogP contribution < -0.4 is 0 Å². The first-order chi connectivity index (χ1) is 11.9.